The first-order chi connectivity index (χ1) is 14.4. The van der Waals surface area contributed by atoms with Gasteiger partial charge in [0.25, 0.3) is 10.0 Å². The first kappa shape index (κ1) is 22.3. The molecule has 0 aromatic heterocycles. The van der Waals surface area contributed by atoms with E-state index in [4.69, 9.17) is 0 Å². The van der Waals surface area contributed by atoms with Gasteiger partial charge in [-0.3, -0.25) is 9.10 Å². The zero-order valence-corrected chi connectivity index (χ0v) is 19.5. The summed E-state index contributed by atoms with van der Waals surface area (Å²) < 4.78 is 28.6. The highest BCUT2D eigenvalue weighted by molar-refractivity contribution is 14.1. The number of nitrogens with zero attached hydrogens (tertiary/aromatic N) is 1. The normalized spacial score (nSPS) is 12.2. The Kier molecular flexibility index (Phi) is 7.49. The Bertz CT molecular complexity index is 1070. The molecule has 0 spiro atoms. The van der Waals surface area contributed by atoms with Gasteiger partial charge in [0.1, 0.15) is 6.54 Å². The monoisotopic (exact) mass is 534 g/mol. The molecule has 0 aliphatic rings. The second-order valence-electron chi connectivity index (χ2n) is 6.92. The van der Waals surface area contributed by atoms with E-state index in [9.17, 15) is 13.2 Å². The third-order valence-electron chi connectivity index (χ3n) is 4.71. The molecule has 0 unspecified atom stereocenters. The smallest absolute Gasteiger partial charge is 0.264 e. The minimum Gasteiger partial charge on any atom is -0.354 e. The first-order valence-corrected chi connectivity index (χ1v) is 12.0. The SMILES string of the molecule is C[C@@H](CNC(=O)CN(c1ccc(I)cc1)S(=O)(=O)c1ccccc1)c1ccccc1. The van der Waals surface area contributed by atoms with Gasteiger partial charge in [-0.2, -0.15) is 0 Å². The van der Waals surface area contributed by atoms with Crippen LogP contribution in [0.5, 0.6) is 0 Å². The highest BCUT2D eigenvalue weighted by Crippen LogP contribution is 2.24. The molecule has 0 radical (unpaired) electrons. The minimum absolute atomic E-state index is 0.118. The van der Waals surface area contributed by atoms with Gasteiger partial charge in [0, 0.05) is 10.1 Å². The summed E-state index contributed by atoms with van der Waals surface area (Å²) in [4.78, 5) is 12.8. The molecule has 3 aromatic carbocycles. The van der Waals surface area contributed by atoms with Crippen LogP contribution in [-0.4, -0.2) is 27.4 Å². The molecule has 0 bridgehead atoms. The van der Waals surface area contributed by atoms with Crippen LogP contribution in [0.15, 0.2) is 89.8 Å². The van der Waals surface area contributed by atoms with E-state index in [1.807, 2.05) is 49.4 Å². The van der Waals surface area contributed by atoms with Gasteiger partial charge >= 0.3 is 0 Å². The lowest BCUT2D eigenvalue weighted by atomic mass is 10.0. The van der Waals surface area contributed by atoms with Gasteiger partial charge < -0.3 is 5.32 Å². The minimum atomic E-state index is -3.88. The summed E-state index contributed by atoms with van der Waals surface area (Å²) in [5.41, 5.74) is 1.56. The molecule has 5 nitrogen and oxygen atoms in total. The Morgan fingerprint density at radius 2 is 1.50 bits per heavy atom. The molecule has 3 aromatic rings. The zero-order chi connectivity index (χ0) is 21.6. The molecular weight excluding hydrogens is 511 g/mol. The van der Waals surface area contributed by atoms with Crippen molar-refractivity contribution < 1.29 is 13.2 Å². The van der Waals surface area contributed by atoms with Crippen LogP contribution in [0.1, 0.15) is 18.4 Å². The van der Waals surface area contributed by atoms with Gasteiger partial charge in [-0.05, 0) is 70.5 Å². The standard InChI is InChI=1S/C23H23IN2O3S/c1-18(19-8-4-2-5-9-19)16-25-23(27)17-26(21-14-12-20(24)13-15-21)30(28,29)22-10-6-3-7-11-22/h2-15,18H,16-17H2,1H3,(H,25,27)/t18-/m0/s1. The highest BCUT2D eigenvalue weighted by atomic mass is 127. The molecular formula is C23H23IN2O3S. The predicted molar refractivity (Wildman–Crippen MR) is 128 cm³/mol. The van der Waals surface area contributed by atoms with E-state index in [2.05, 4.69) is 27.9 Å². The maximum atomic E-state index is 13.3. The van der Waals surface area contributed by atoms with Crippen LogP contribution in [0.2, 0.25) is 0 Å². The Labute approximate surface area is 191 Å². The number of sulfonamides is 1. The predicted octanol–water partition coefficient (Wildman–Crippen LogP) is 4.41. The molecule has 0 heterocycles. The summed E-state index contributed by atoms with van der Waals surface area (Å²) >= 11 is 2.16. The molecule has 0 aliphatic heterocycles. The van der Waals surface area contributed by atoms with E-state index >= 15 is 0 Å². The molecule has 0 aliphatic carbocycles. The van der Waals surface area contributed by atoms with Crippen LogP contribution in [0.3, 0.4) is 0 Å². The van der Waals surface area contributed by atoms with Crippen molar-refractivity contribution in [3.05, 3.63) is 94.1 Å². The number of carbonyl (C=O) groups is 1. The van der Waals surface area contributed by atoms with Crippen LogP contribution in [0.4, 0.5) is 5.69 Å². The lowest BCUT2D eigenvalue weighted by Gasteiger charge is -2.24. The van der Waals surface area contributed by atoms with Gasteiger partial charge in [-0.15, -0.1) is 0 Å². The number of anilines is 1. The number of carbonyl (C=O) groups excluding carboxylic acids is 1. The molecule has 0 saturated heterocycles. The van der Waals surface area contributed by atoms with Crippen molar-refractivity contribution in [2.45, 2.75) is 17.7 Å². The summed E-state index contributed by atoms with van der Waals surface area (Å²) in [6.07, 6.45) is 0. The van der Waals surface area contributed by atoms with E-state index in [-0.39, 0.29) is 23.3 Å². The second-order valence-corrected chi connectivity index (χ2v) is 10.0. The van der Waals surface area contributed by atoms with Crippen LogP contribution >= 0.6 is 22.6 Å². The number of nitrogens with one attached hydrogen (secondary N) is 1. The summed E-state index contributed by atoms with van der Waals surface area (Å²) in [5, 5.41) is 2.87. The van der Waals surface area contributed by atoms with E-state index in [1.54, 1.807) is 30.3 Å². The Morgan fingerprint density at radius 3 is 2.10 bits per heavy atom. The molecule has 0 saturated carbocycles. The lowest BCUT2D eigenvalue weighted by molar-refractivity contribution is -0.119. The fraction of sp³-hybridized carbons (Fsp3) is 0.174. The van der Waals surface area contributed by atoms with E-state index < -0.39 is 10.0 Å². The van der Waals surface area contributed by atoms with Crippen LogP contribution in [0.25, 0.3) is 0 Å². The third kappa shape index (κ3) is 5.60. The Balaban J connectivity index is 1.79. The fourth-order valence-electron chi connectivity index (χ4n) is 2.99. The number of benzene rings is 3. The van der Waals surface area contributed by atoms with E-state index in [0.29, 0.717) is 12.2 Å². The van der Waals surface area contributed by atoms with Crippen molar-refractivity contribution in [3.63, 3.8) is 0 Å². The summed E-state index contributed by atoms with van der Waals surface area (Å²) in [6, 6.07) is 25.1. The van der Waals surface area contributed by atoms with Crippen molar-refractivity contribution in [3.8, 4) is 0 Å². The molecule has 3 rings (SSSR count). The molecule has 1 atom stereocenters. The zero-order valence-electron chi connectivity index (χ0n) is 16.5. The molecule has 30 heavy (non-hydrogen) atoms. The lowest BCUT2D eigenvalue weighted by Crippen LogP contribution is -2.41. The Hall–Kier alpha value is -2.39. The highest BCUT2D eigenvalue weighted by Gasteiger charge is 2.27. The van der Waals surface area contributed by atoms with E-state index in [1.165, 1.54) is 12.1 Å². The van der Waals surface area contributed by atoms with Gasteiger partial charge in [-0.1, -0.05) is 55.5 Å². The quantitative estimate of drug-likeness (QED) is 0.436. The molecule has 1 N–H and O–H groups in total. The number of hydrogen-bond acceptors (Lipinski definition) is 3. The van der Waals surface area contributed by atoms with Gasteiger partial charge in [-0.25, -0.2) is 8.42 Å². The van der Waals surface area contributed by atoms with Crippen molar-refractivity contribution in [1.29, 1.82) is 0 Å². The number of hydrogen-bond donors (Lipinski definition) is 1. The molecule has 1 amide bonds. The second kappa shape index (κ2) is 10.1. The van der Waals surface area contributed by atoms with Crippen molar-refractivity contribution >= 4 is 44.2 Å². The number of rotatable bonds is 8. The summed E-state index contributed by atoms with van der Waals surface area (Å²) in [6.45, 7) is 2.15. The van der Waals surface area contributed by atoms with Crippen LogP contribution < -0.4 is 9.62 Å². The van der Waals surface area contributed by atoms with Gasteiger partial charge in [0.05, 0.1) is 10.6 Å². The van der Waals surface area contributed by atoms with Crippen molar-refractivity contribution in [2.75, 3.05) is 17.4 Å². The maximum Gasteiger partial charge on any atom is 0.264 e. The van der Waals surface area contributed by atoms with Crippen molar-refractivity contribution in [2.24, 2.45) is 0 Å². The average Bonchev–Trinajstić information content (AvgIpc) is 2.77. The molecule has 7 heteroatoms. The maximum absolute atomic E-state index is 13.3. The molecule has 156 valence electrons. The fourth-order valence-corrected chi connectivity index (χ4v) is 4.80. The van der Waals surface area contributed by atoms with Crippen LogP contribution in [0, 0.1) is 3.57 Å². The van der Waals surface area contributed by atoms with E-state index in [0.717, 1.165) is 13.4 Å². The molecule has 0 fully saturated rings. The van der Waals surface area contributed by atoms with Crippen LogP contribution in [-0.2, 0) is 14.8 Å². The summed E-state index contributed by atoms with van der Waals surface area (Å²) in [7, 11) is -3.88. The Morgan fingerprint density at radius 1 is 0.933 bits per heavy atom. The topological polar surface area (TPSA) is 66.5 Å². The van der Waals surface area contributed by atoms with Gasteiger partial charge in [0.15, 0.2) is 0 Å². The third-order valence-corrected chi connectivity index (χ3v) is 7.21. The largest absolute Gasteiger partial charge is 0.354 e. The summed E-state index contributed by atoms with van der Waals surface area (Å²) in [5.74, 6) is -0.233. The first-order valence-electron chi connectivity index (χ1n) is 9.53. The van der Waals surface area contributed by atoms with Crippen molar-refractivity contribution in [1.82, 2.24) is 5.32 Å². The average molecular weight is 534 g/mol. The number of amides is 1. The number of halogens is 1. The van der Waals surface area contributed by atoms with Gasteiger partial charge in [0.2, 0.25) is 5.91 Å².